The third kappa shape index (κ3) is 3.74. The maximum Gasteiger partial charge on any atom is 0.345 e. The number of carbonyl (C=O) groups excluding carboxylic acids is 2. The molecular formula is C10H6Cl3O2+. The normalized spacial score (nSPS) is 9.80. The second-order valence-electron chi connectivity index (χ2n) is 2.77. The van der Waals surface area contributed by atoms with Crippen LogP contribution in [0, 0.1) is 6.42 Å². The molecule has 0 aliphatic rings. The van der Waals surface area contributed by atoms with Crippen LogP contribution in [0.4, 0.5) is 0 Å². The van der Waals surface area contributed by atoms with Crippen molar-refractivity contribution in [1.82, 2.24) is 0 Å². The fourth-order valence-electron chi connectivity index (χ4n) is 0.964. The number of hydrogen-bond acceptors (Lipinski definition) is 2. The summed E-state index contributed by atoms with van der Waals surface area (Å²) in [5.74, 6) is -1.12. The largest absolute Gasteiger partial charge is 0.345 e. The van der Waals surface area contributed by atoms with Gasteiger partial charge in [-0.3, -0.25) is 4.79 Å². The quantitative estimate of drug-likeness (QED) is 0.362. The van der Waals surface area contributed by atoms with E-state index in [1.54, 1.807) is 0 Å². The van der Waals surface area contributed by atoms with Gasteiger partial charge in [-0.1, -0.05) is 23.2 Å². The van der Waals surface area contributed by atoms with Gasteiger partial charge in [0.2, 0.25) is 0 Å². The maximum absolute atomic E-state index is 11.5. The summed E-state index contributed by atoms with van der Waals surface area (Å²) in [6.07, 6.45) is 0.926. The molecule has 1 aromatic rings. The fourth-order valence-corrected chi connectivity index (χ4v) is 1.57. The highest BCUT2D eigenvalue weighted by atomic mass is 35.5. The molecule has 0 radical (unpaired) electrons. The van der Waals surface area contributed by atoms with Crippen LogP contribution in [0.5, 0.6) is 0 Å². The monoisotopic (exact) mass is 263 g/mol. The Morgan fingerprint density at radius 2 is 1.67 bits per heavy atom. The molecule has 5 heteroatoms. The fraction of sp³-hybridized carbons (Fsp3) is 0.100. The van der Waals surface area contributed by atoms with Crippen LogP contribution in [-0.4, -0.2) is 17.4 Å². The Bertz CT molecular complexity index is 381. The van der Waals surface area contributed by atoms with E-state index in [0.717, 1.165) is 6.42 Å². The lowest BCUT2D eigenvalue weighted by atomic mass is 10.1. The molecule has 0 unspecified atom stereocenters. The predicted molar refractivity (Wildman–Crippen MR) is 60.8 cm³/mol. The number of alkyl halides is 1. The molecule has 1 rings (SSSR count). The molecule has 0 saturated heterocycles. The molecule has 0 saturated carbocycles. The SMILES string of the molecule is O=C([CH+]C(=O)c1cc(Cl)cc(Cl)c1)CCl. The Hall–Kier alpha value is -0.700. The van der Waals surface area contributed by atoms with Gasteiger partial charge in [-0.25, -0.2) is 4.79 Å². The Morgan fingerprint density at radius 3 is 2.13 bits per heavy atom. The van der Waals surface area contributed by atoms with Gasteiger partial charge in [-0.05, 0) is 6.07 Å². The average Bonchev–Trinajstić information content (AvgIpc) is 2.16. The number of hydrogen-bond donors (Lipinski definition) is 0. The summed E-state index contributed by atoms with van der Waals surface area (Å²) < 4.78 is 0. The highest BCUT2D eigenvalue weighted by molar-refractivity contribution is 6.36. The van der Waals surface area contributed by atoms with E-state index in [0.29, 0.717) is 10.0 Å². The molecule has 0 spiro atoms. The van der Waals surface area contributed by atoms with Crippen molar-refractivity contribution in [1.29, 1.82) is 0 Å². The molecule has 2 nitrogen and oxygen atoms in total. The average molecular weight is 265 g/mol. The highest BCUT2D eigenvalue weighted by Crippen LogP contribution is 2.19. The lowest BCUT2D eigenvalue weighted by Crippen LogP contribution is -2.10. The zero-order valence-electron chi connectivity index (χ0n) is 7.47. The van der Waals surface area contributed by atoms with Crippen molar-refractivity contribution in [2.45, 2.75) is 0 Å². The lowest BCUT2D eigenvalue weighted by Gasteiger charge is -1.92. The minimum atomic E-state index is -0.454. The Kier molecular flexibility index (Phi) is 4.45. The van der Waals surface area contributed by atoms with Crippen LogP contribution in [0.3, 0.4) is 0 Å². The number of carbonyl (C=O) groups is 2. The van der Waals surface area contributed by atoms with Gasteiger partial charge in [0, 0.05) is 0 Å². The van der Waals surface area contributed by atoms with Crippen LogP contribution >= 0.6 is 34.8 Å². The number of halogens is 3. The van der Waals surface area contributed by atoms with Crippen LogP contribution in [-0.2, 0) is 4.79 Å². The lowest BCUT2D eigenvalue weighted by molar-refractivity contribution is -0.113. The molecule has 1 aromatic carbocycles. The van der Waals surface area contributed by atoms with Crippen molar-refractivity contribution in [3.05, 3.63) is 40.2 Å². The summed E-state index contributed by atoms with van der Waals surface area (Å²) in [6.45, 7) is 0. The van der Waals surface area contributed by atoms with E-state index in [2.05, 4.69) is 0 Å². The Balaban J connectivity index is 2.86. The minimum absolute atomic E-state index is 0.222. The molecule has 0 amide bonds. The zero-order valence-corrected chi connectivity index (χ0v) is 9.73. The second-order valence-corrected chi connectivity index (χ2v) is 3.91. The molecular weight excluding hydrogens is 258 g/mol. The molecule has 0 fully saturated rings. The Labute approximate surface area is 102 Å². The third-order valence-electron chi connectivity index (χ3n) is 1.57. The van der Waals surface area contributed by atoms with Gasteiger partial charge in [0.1, 0.15) is 5.88 Å². The zero-order chi connectivity index (χ0) is 11.4. The van der Waals surface area contributed by atoms with Gasteiger partial charge < -0.3 is 0 Å². The van der Waals surface area contributed by atoms with Gasteiger partial charge in [-0.15, -0.1) is 11.6 Å². The highest BCUT2D eigenvalue weighted by Gasteiger charge is 2.22. The number of benzene rings is 1. The van der Waals surface area contributed by atoms with Crippen molar-refractivity contribution in [3.8, 4) is 0 Å². The molecule has 0 aliphatic heterocycles. The van der Waals surface area contributed by atoms with Crippen molar-refractivity contribution in [3.63, 3.8) is 0 Å². The van der Waals surface area contributed by atoms with Crippen molar-refractivity contribution < 1.29 is 9.59 Å². The van der Waals surface area contributed by atoms with Crippen LogP contribution in [0.15, 0.2) is 18.2 Å². The van der Waals surface area contributed by atoms with Gasteiger partial charge in [0.05, 0.1) is 22.2 Å². The van der Waals surface area contributed by atoms with E-state index in [1.807, 2.05) is 0 Å². The first kappa shape index (κ1) is 12.4. The number of ketones is 2. The summed E-state index contributed by atoms with van der Waals surface area (Å²) in [5, 5.41) is 0.690. The van der Waals surface area contributed by atoms with Crippen molar-refractivity contribution in [2.75, 3.05) is 5.88 Å². The molecule has 0 aliphatic carbocycles. The summed E-state index contributed by atoms with van der Waals surface area (Å²) >= 11 is 16.7. The van der Waals surface area contributed by atoms with Crippen molar-refractivity contribution in [2.24, 2.45) is 0 Å². The van der Waals surface area contributed by atoms with Crippen LogP contribution in [0.25, 0.3) is 0 Å². The summed E-state index contributed by atoms with van der Waals surface area (Å²) in [6, 6.07) is 4.38. The summed E-state index contributed by atoms with van der Waals surface area (Å²) in [7, 11) is 0. The molecule has 0 atom stereocenters. The standard InChI is InChI=1S/C10H6Cl3O2/c11-5-9(14)4-10(15)6-1-7(12)3-8(13)2-6/h1-4H,5H2/q+1. The smallest absolute Gasteiger partial charge is 0.269 e. The predicted octanol–water partition coefficient (Wildman–Crippen LogP) is 3.19. The van der Waals surface area contributed by atoms with Crippen LogP contribution in [0.2, 0.25) is 10.0 Å². The molecule has 78 valence electrons. The Morgan fingerprint density at radius 1 is 1.13 bits per heavy atom. The first-order chi connectivity index (χ1) is 7.02. The first-order valence-corrected chi connectivity index (χ1v) is 5.26. The summed E-state index contributed by atoms with van der Waals surface area (Å²) in [5.41, 5.74) is 0.269. The van der Waals surface area contributed by atoms with E-state index >= 15 is 0 Å². The van der Waals surface area contributed by atoms with E-state index in [1.165, 1.54) is 18.2 Å². The van der Waals surface area contributed by atoms with Crippen molar-refractivity contribution >= 4 is 46.4 Å². The summed E-state index contributed by atoms with van der Waals surface area (Å²) in [4.78, 5) is 22.4. The van der Waals surface area contributed by atoms with Gasteiger partial charge in [0.25, 0.3) is 5.78 Å². The van der Waals surface area contributed by atoms with E-state index in [9.17, 15) is 9.59 Å². The van der Waals surface area contributed by atoms with Gasteiger partial charge in [-0.2, -0.15) is 0 Å². The van der Waals surface area contributed by atoms with Gasteiger partial charge in [0.15, 0.2) is 12.0 Å². The third-order valence-corrected chi connectivity index (χ3v) is 2.27. The number of rotatable bonds is 4. The van der Waals surface area contributed by atoms with E-state index in [-0.39, 0.29) is 11.4 Å². The number of Topliss-reactive ketones (excluding diaryl/α,β-unsaturated/α-hetero) is 2. The van der Waals surface area contributed by atoms with E-state index in [4.69, 9.17) is 34.8 Å². The topological polar surface area (TPSA) is 34.1 Å². The molecule has 0 heterocycles. The second kappa shape index (κ2) is 5.40. The minimum Gasteiger partial charge on any atom is -0.269 e. The maximum atomic E-state index is 11.5. The molecule has 0 aromatic heterocycles. The molecule has 15 heavy (non-hydrogen) atoms. The van der Waals surface area contributed by atoms with E-state index < -0.39 is 11.6 Å². The van der Waals surface area contributed by atoms with Crippen LogP contribution < -0.4 is 0 Å². The van der Waals surface area contributed by atoms with Gasteiger partial charge >= 0.3 is 5.78 Å². The first-order valence-electron chi connectivity index (χ1n) is 3.97. The molecule has 0 bridgehead atoms. The van der Waals surface area contributed by atoms with Crippen LogP contribution in [0.1, 0.15) is 10.4 Å². The molecule has 0 N–H and O–H groups in total.